The largest absolute Gasteiger partial charge is 0.383 e. The number of nitrogens with zero attached hydrogens (tertiary/aromatic N) is 2. The highest BCUT2D eigenvalue weighted by molar-refractivity contribution is 7.14. The highest BCUT2D eigenvalue weighted by Gasteiger charge is 2.26. The predicted octanol–water partition coefficient (Wildman–Crippen LogP) is 2.38. The Hall–Kier alpha value is -2.35. The molecule has 2 aromatic rings. The summed E-state index contributed by atoms with van der Waals surface area (Å²) in [5, 5.41) is 0. The minimum atomic E-state index is -0.643. The standard InChI is InChI=1S/C19H26N4O3S/c1-4-5-8-23-16(20)15(17(24)21-19(23)26)22(3)18(25)14-10-12-9-11(2)6-7-13(12)27-14/h10-11H,4-9,20H2,1-3H3,(H,21,24,26). The molecule has 146 valence electrons. The van der Waals surface area contributed by atoms with Crippen LogP contribution in [0.15, 0.2) is 15.7 Å². The van der Waals surface area contributed by atoms with Crippen LogP contribution in [0.3, 0.4) is 0 Å². The average Bonchev–Trinajstić information content (AvgIpc) is 3.03. The summed E-state index contributed by atoms with van der Waals surface area (Å²) in [5.41, 5.74) is 6.17. The monoisotopic (exact) mass is 390 g/mol. The first-order chi connectivity index (χ1) is 12.8. The molecule has 0 saturated heterocycles. The molecule has 1 aliphatic rings. The van der Waals surface area contributed by atoms with Gasteiger partial charge in [0, 0.05) is 18.5 Å². The Labute approximate surface area is 161 Å². The van der Waals surface area contributed by atoms with E-state index < -0.39 is 11.2 Å². The van der Waals surface area contributed by atoms with Gasteiger partial charge in [-0.05, 0) is 43.2 Å². The third-order valence-corrected chi connectivity index (χ3v) is 6.35. The maximum Gasteiger partial charge on any atom is 0.330 e. The number of anilines is 2. The van der Waals surface area contributed by atoms with E-state index in [2.05, 4.69) is 11.9 Å². The number of H-pyrrole nitrogens is 1. The summed E-state index contributed by atoms with van der Waals surface area (Å²) >= 11 is 1.49. The second kappa shape index (κ2) is 7.72. The maximum atomic E-state index is 13.0. The normalized spacial score (nSPS) is 16.2. The molecule has 0 aromatic carbocycles. The summed E-state index contributed by atoms with van der Waals surface area (Å²) in [7, 11) is 1.53. The second-order valence-corrected chi connectivity index (χ2v) is 8.41. The predicted molar refractivity (Wildman–Crippen MR) is 109 cm³/mol. The number of fused-ring (bicyclic) bond motifs is 1. The molecule has 0 aliphatic heterocycles. The summed E-state index contributed by atoms with van der Waals surface area (Å²) in [5.74, 6) is 0.372. The number of nitrogens with one attached hydrogen (secondary N) is 1. The van der Waals surface area contributed by atoms with E-state index in [1.54, 1.807) is 0 Å². The van der Waals surface area contributed by atoms with Crippen molar-refractivity contribution in [3.63, 3.8) is 0 Å². The molecule has 1 atom stereocenters. The molecule has 1 unspecified atom stereocenters. The summed E-state index contributed by atoms with van der Waals surface area (Å²) < 4.78 is 1.32. The summed E-state index contributed by atoms with van der Waals surface area (Å²) in [6.45, 7) is 4.62. The molecule has 0 fully saturated rings. The van der Waals surface area contributed by atoms with E-state index in [-0.39, 0.29) is 17.4 Å². The van der Waals surface area contributed by atoms with E-state index in [1.165, 1.54) is 38.3 Å². The number of hydrogen-bond donors (Lipinski definition) is 2. The average molecular weight is 391 g/mol. The van der Waals surface area contributed by atoms with Gasteiger partial charge in [-0.2, -0.15) is 0 Å². The lowest BCUT2D eigenvalue weighted by atomic mass is 9.90. The van der Waals surface area contributed by atoms with E-state index in [0.29, 0.717) is 17.3 Å². The van der Waals surface area contributed by atoms with Gasteiger partial charge >= 0.3 is 5.69 Å². The molecule has 27 heavy (non-hydrogen) atoms. The Balaban J connectivity index is 1.96. The van der Waals surface area contributed by atoms with Gasteiger partial charge in [-0.1, -0.05) is 20.3 Å². The van der Waals surface area contributed by atoms with Crippen molar-refractivity contribution in [1.29, 1.82) is 0 Å². The van der Waals surface area contributed by atoms with Gasteiger partial charge in [0.05, 0.1) is 4.88 Å². The lowest BCUT2D eigenvalue weighted by Gasteiger charge is -2.19. The van der Waals surface area contributed by atoms with Crippen LogP contribution in [0.25, 0.3) is 0 Å². The Morgan fingerprint density at radius 1 is 1.44 bits per heavy atom. The minimum absolute atomic E-state index is 0.0236. The lowest BCUT2D eigenvalue weighted by Crippen LogP contribution is -2.39. The van der Waals surface area contributed by atoms with Crippen molar-refractivity contribution in [1.82, 2.24) is 9.55 Å². The number of amides is 1. The van der Waals surface area contributed by atoms with Gasteiger partial charge < -0.3 is 10.6 Å². The summed E-state index contributed by atoms with van der Waals surface area (Å²) in [4.78, 5) is 42.8. The van der Waals surface area contributed by atoms with Crippen LogP contribution in [0.4, 0.5) is 11.5 Å². The van der Waals surface area contributed by atoms with Crippen LogP contribution < -0.4 is 21.9 Å². The number of rotatable bonds is 5. The van der Waals surface area contributed by atoms with Crippen molar-refractivity contribution in [2.75, 3.05) is 17.7 Å². The molecular weight excluding hydrogens is 364 g/mol. The highest BCUT2D eigenvalue weighted by Crippen LogP contribution is 2.33. The Morgan fingerprint density at radius 3 is 2.89 bits per heavy atom. The quantitative estimate of drug-likeness (QED) is 0.818. The third kappa shape index (κ3) is 3.71. The van der Waals surface area contributed by atoms with Crippen LogP contribution >= 0.6 is 11.3 Å². The highest BCUT2D eigenvalue weighted by atomic mass is 32.1. The van der Waals surface area contributed by atoms with Crippen LogP contribution in [-0.4, -0.2) is 22.5 Å². The van der Waals surface area contributed by atoms with Crippen molar-refractivity contribution < 1.29 is 4.79 Å². The van der Waals surface area contributed by atoms with E-state index in [0.717, 1.165) is 32.1 Å². The molecule has 0 spiro atoms. The molecule has 1 aliphatic carbocycles. The van der Waals surface area contributed by atoms with E-state index in [9.17, 15) is 14.4 Å². The molecule has 1 amide bonds. The number of carbonyl (C=O) groups excluding carboxylic acids is 1. The number of nitrogens with two attached hydrogens (primary N) is 1. The van der Waals surface area contributed by atoms with Crippen LogP contribution in [0, 0.1) is 5.92 Å². The van der Waals surface area contributed by atoms with Crippen molar-refractivity contribution in [3.8, 4) is 0 Å². The summed E-state index contributed by atoms with van der Waals surface area (Å²) in [6.07, 6.45) is 4.74. The molecule has 0 bridgehead atoms. The number of unbranched alkanes of at least 4 members (excludes halogenated alkanes) is 1. The second-order valence-electron chi connectivity index (χ2n) is 7.27. The Bertz CT molecular complexity index is 972. The van der Waals surface area contributed by atoms with Gasteiger partial charge in [0.1, 0.15) is 5.82 Å². The number of aromatic amines is 1. The van der Waals surface area contributed by atoms with Crippen molar-refractivity contribution in [2.45, 2.75) is 52.5 Å². The topological polar surface area (TPSA) is 101 Å². The molecule has 0 saturated carbocycles. The molecule has 0 radical (unpaired) electrons. The first-order valence-corrected chi connectivity index (χ1v) is 10.2. The molecule has 3 N–H and O–H groups in total. The van der Waals surface area contributed by atoms with Gasteiger partial charge in [0.15, 0.2) is 5.69 Å². The van der Waals surface area contributed by atoms with Gasteiger partial charge in [-0.15, -0.1) is 11.3 Å². The Kier molecular flexibility index (Phi) is 5.55. The zero-order valence-electron chi connectivity index (χ0n) is 16.0. The Morgan fingerprint density at radius 2 is 2.19 bits per heavy atom. The molecule has 2 heterocycles. The third-order valence-electron chi connectivity index (χ3n) is 5.13. The number of nitrogen functional groups attached to an aromatic ring is 1. The molecule has 8 heteroatoms. The maximum absolute atomic E-state index is 13.0. The number of carbonyl (C=O) groups is 1. The fourth-order valence-electron chi connectivity index (χ4n) is 3.52. The first kappa shape index (κ1) is 19.4. The van der Waals surface area contributed by atoms with Crippen LogP contribution in [-0.2, 0) is 19.4 Å². The number of thiophene rings is 1. The van der Waals surface area contributed by atoms with E-state index in [1.807, 2.05) is 13.0 Å². The summed E-state index contributed by atoms with van der Waals surface area (Å²) in [6, 6.07) is 1.94. The molecule has 3 rings (SSSR count). The fourth-order valence-corrected chi connectivity index (χ4v) is 4.70. The van der Waals surface area contributed by atoms with Crippen molar-refractivity contribution >= 4 is 28.7 Å². The van der Waals surface area contributed by atoms with Crippen LogP contribution in [0.5, 0.6) is 0 Å². The van der Waals surface area contributed by atoms with E-state index >= 15 is 0 Å². The number of aryl methyl sites for hydroxylation is 1. The van der Waals surface area contributed by atoms with Crippen LogP contribution in [0.2, 0.25) is 0 Å². The van der Waals surface area contributed by atoms with Gasteiger partial charge in [-0.3, -0.25) is 19.1 Å². The molecule has 2 aromatic heterocycles. The molecule has 7 nitrogen and oxygen atoms in total. The zero-order valence-corrected chi connectivity index (χ0v) is 16.8. The van der Waals surface area contributed by atoms with Crippen molar-refractivity contribution in [2.24, 2.45) is 5.92 Å². The lowest BCUT2D eigenvalue weighted by molar-refractivity contribution is 0.0996. The number of hydrogen-bond acceptors (Lipinski definition) is 5. The minimum Gasteiger partial charge on any atom is -0.383 e. The number of aromatic nitrogens is 2. The molecular formula is C19H26N4O3S. The fraction of sp³-hybridized carbons (Fsp3) is 0.526. The van der Waals surface area contributed by atoms with E-state index in [4.69, 9.17) is 5.73 Å². The van der Waals surface area contributed by atoms with Gasteiger partial charge in [0.2, 0.25) is 0 Å². The first-order valence-electron chi connectivity index (χ1n) is 9.35. The zero-order chi connectivity index (χ0) is 19.7. The SMILES string of the molecule is CCCCn1c(N)c(N(C)C(=O)c2cc3c(s2)CCC(C)C3)c(=O)[nH]c1=O. The van der Waals surface area contributed by atoms with Crippen molar-refractivity contribution in [3.05, 3.63) is 42.2 Å². The van der Waals surface area contributed by atoms with Gasteiger partial charge in [0.25, 0.3) is 11.5 Å². The van der Waals surface area contributed by atoms with Gasteiger partial charge in [-0.25, -0.2) is 4.79 Å². The smallest absolute Gasteiger partial charge is 0.330 e. The van der Waals surface area contributed by atoms with Crippen LogP contribution in [0.1, 0.15) is 53.2 Å².